The zero-order valence-electron chi connectivity index (χ0n) is 19.6. The number of nitrogens with zero attached hydrogens (tertiary/aromatic N) is 5. The van der Waals surface area contributed by atoms with Crippen molar-refractivity contribution < 1.29 is 18.5 Å². The van der Waals surface area contributed by atoms with Crippen molar-refractivity contribution >= 4 is 24.2 Å². The van der Waals surface area contributed by atoms with Gasteiger partial charge in [-0.1, -0.05) is 41.6 Å². The third kappa shape index (κ3) is 7.34. The summed E-state index contributed by atoms with van der Waals surface area (Å²) in [4.78, 5) is 35.0. The third-order valence-corrected chi connectivity index (χ3v) is 5.85. The summed E-state index contributed by atoms with van der Waals surface area (Å²) in [5.41, 5.74) is 1.44. The van der Waals surface area contributed by atoms with E-state index < -0.39 is 5.82 Å². The van der Waals surface area contributed by atoms with Gasteiger partial charge in [0.1, 0.15) is 5.82 Å². The number of hydrogen-bond donors (Lipinski definition) is 0. The maximum absolute atomic E-state index is 13.4. The lowest BCUT2D eigenvalue weighted by molar-refractivity contribution is -0.130. The van der Waals surface area contributed by atoms with Gasteiger partial charge in [-0.25, -0.2) is 4.39 Å². The molecule has 186 valence electrons. The first-order valence-corrected chi connectivity index (χ1v) is 11.3. The average molecular weight is 502 g/mol. The predicted octanol–water partition coefficient (Wildman–Crippen LogP) is 3.18. The lowest BCUT2D eigenvalue weighted by Gasteiger charge is -2.34. The summed E-state index contributed by atoms with van der Waals surface area (Å²) in [5.74, 6) is 0.439. The lowest BCUT2D eigenvalue weighted by Crippen LogP contribution is -2.48. The van der Waals surface area contributed by atoms with Crippen LogP contribution in [0.25, 0.3) is 0 Å². The van der Waals surface area contributed by atoms with E-state index in [1.54, 1.807) is 29.0 Å². The van der Waals surface area contributed by atoms with Crippen LogP contribution in [0.2, 0.25) is 0 Å². The highest BCUT2D eigenvalue weighted by atomic mass is 35.5. The SMILES string of the molecule is CN(Cc1ccccc1)C(=O)CCc1nc(CN2CCN(C(=O)c3cccc(F)c3)CC2)no1.Cl. The Morgan fingerprint density at radius 3 is 2.51 bits per heavy atom. The summed E-state index contributed by atoms with van der Waals surface area (Å²) in [7, 11) is 1.78. The quantitative estimate of drug-likeness (QED) is 0.471. The average Bonchev–Trinajstić information content (AvgIpc) is 3.30. The van der Waals surface area contributed by atoms with E-state index in [0.29, 0.717) is 69.4 Å². The van der Waals surface area contributed by atoms with Crippen LogP contribution in [0.4, 0.5) is 4.39 Å². The van der Waals surface area contributed by atoms with Crippen LogP contribution in [0.1, 0.15) is 34.1 Å². The molecule has 4 rings (SSSR count). The van der Waals surface area contributed by atoms with Crippen LogP contribution in [0, 0.1) is 5.82 Å². The molecule has 0 spiro atoms. The fourth-order valence-corrected chi connectivity index (χ4v) is 3.92. The summed E-state index contributed by atoms with van der Waals surface area (Å²) < 4.78 is 18.7. The molecule has 2 amide bonds. The van der Waals surface area contributed by atoms with Crippen LogP contribution in [-0.2, 0) is 24.3 Å². The Balaban J connectivity index is 0.00000342. The minimum atomic E-state index is -0.415. The van der Waals surface area contributed by atoms with Gasteiger partial charge < -0.3 is 14.3 Å². The lowest BCUT2D eigenvalue weighted by atomic mass is 10.1. The number of halogens is 2. The van der Waals surface area contributed by atoms with Gasteiger partial charge >= 0.3 is 0 Å². The summed E-state index contributed by atoms with van der Waals surface area (Å²) in [5, 5.41) is 4.04. The van der Waals surface area contributed by atoms with E-state index in [4.69, 9.17) is 4.52 Å². The Hall–Kier alpha value is -3.30. The van der Waals surface area contributed by atoms with Crippen LogP contribution >= 0.6 is 12.4 Å². The second-order valence-corrected chi connectivity index (χ2v) is 8.42. The molecule has 2 aromatic carbocycles. The number of benzene rings is 2. The molecule has 35 heavy (non-hydrogen) atoms. The van der Waals surface area contributed by atoms with Gasteiger partial charge in [0.15, 0.2) is 5.82 Å². The van der Waals surface area contributed by atoms with E-state index in [1.807, 2.05) is 30.3 Å². The molecule has 0 saturated carbocycles. The van der Waals surface area contributed by atoms with Crippen LogP contribution in [0.15, 0.2) is 59.1 Å². The third-order valence-electron chi connectivity index (χ3n) is 5.85. The first-order chi connectivity index (χ1) is 16.5. The largest absolute Gasteiger partial charge is 0.341 e. The van der Waals surface area contributed by atoms with Crippen molar-refractivity contribution in [1.82, 2.24) is 24.8 Å². The second-order valence-electron chi connectivity index (χ2n) is 8.42. The van der Waals surface area contributed by atoms with E-state index in [9.17, 15) is 14.0 Å². The van der Waals surface area contributed by atoms with Crippen LogP contribution in [-0.4, -0.2) is 69.9 Å². The summed E-state index contributed by atoms with van der Waals surface area (Å²) >= 11 is 0. The summed E-state index contributed by atoms with van der Waals surface area (Å²) in [6.07, 6.45) is 0.687. The molecule has 0 bridgehead atoms. The Labute approximate surface area is 210 Å². The normalized spacial score (nSPS) is 13.8. The smallest absolute Gasteiger partial charge is 0.254 e. The molecule has 8 nitrogen and oxygen atoms in total. The summed E-state index contributed by atoms with van der Waals surface area (Å²) in [6, 6.07) is 15.6. The van der Waals surface area contributed by atoms with E-state index >= 15 is 0 Å². The Bertz CT molecular complexity index is 1120. The fourth-order valence-electron chi connectivity index (χ4n) is 3.92. The topological polar surface area (TPSA) is 82.8 Å². The Morgan fingerprint density at radius 1 is 1.06 bits per heavy atom. The number of aromatic nitrogens is 2. The highest BCUT2D eigenvalue weighted by molar-refractivity contribution is 5.94. The van der Waals surface area contributed by atoms with Crippen molar-refractivity contribution in [2.24, 2.45) is 0 Å². The van der Waals surface area contributed by atoms with Crippen molar-refractivity contribution in [3.05, 3.63) is 83.3 Å². The van der Waals surface area contributed by atoms with E-state index in [0.717, 1.165) is 5.56 Å². The van der Waals surface area contributed by atoms with E-state index in [2.05, 4.69) is 15.0 Å². The number of amides is 2. The van der Waals surface area contributed by atoms with E-state index in [-0.39, 0.29) is 24.2 Å². The predicted molar refractivity (Wildman–Crippen MR) is 130 cm³/mol. The second kappa shape index (κ2) is 12.4. The molecule has 0 atom stereocenters. The molecular formula is C25H29ClFN5O3. The van der Waals surface area contributed by atoms with Crippen molar-refractivity contribution in [1.29, 1.82) is 0 Å². The van der Waals surface area contributed by atoms with E-state index in [1.165, 1.54) is 12.1 Å². The number of aryl methyl sites for hydroxylation is 1. The van der Waals surface area contributed by atoms with Gasteiger partial charge in [0, 0.05) is 58.2 Å². The molecule has 0 unspecified atom stereocenters. The summed E-state index contributed by atoms with van der Waals surface area (Å²) in [6.45, 7) is 3.47. The van der Waals surface area contributed by atoms with Crippen LogP contribution < -0.4 is 0 Å². The van der Waals surface area contributed by atoms with Crippen molar-refractivity contribution in [3.8, 4) is 0 Å². The molecule has 0 N–H and O–H groups in total. The van der Waals surface area contributed by atoms with Crippen molar-refractivity contribution in [2.75, 3.05) is 33.2 Å². The molecule has 1 aromatic heterocycles. The first-order valence-electron chi connectivity index (χ1n) is 11.3. The molecule has 3 aromatic rings. The Kier molecular flexibility index (Phi) is 9.33. The molecule has 2 heterocycles. The molecule has 0 aliphatic carbocycles. The maximum atomic E-state index is 13.4. The van der Waals surface area contributed by atoms with Gasteiger partial charge in [-0.15, -0.1) is 12.4 Å². The van der Waals surface area contributed by atoms with Gasteiger partial charge in [0.2, 0.25) is 11.8 Å². The number of carbonyl (C=O) groups excluding carboxylic acids is 2. The van der Waals surface area contributed by atoms with Gasteiger partial charge in [-0.2, -0.15) is 4.98 Å². The van der Waals surface area contributed by atoms with Gasteiger partial charge in [-0.05, 0) is 23.8 Å². The van der Waals surface area contributed by atoms with Crippen LogP contribution in [0.3, 0.4) is 0 Å². The van der Waals surface area contributed by atoms with Crippen molar-refractivity contribution in [2.45, 2.75) is 25.9 Å². The first kappa shape index (κ1) is 26.3. The monoisotopic (exact) mass is 501 g/mol. The molecule has 1 aliphatic rings. The standard InChI is InChI=1S/C25H28FN5O3.ClH/c1-29(17-19-6-3-2-4-7-19)24(32)11-10-23-27-22(28-34-23)18-30-12-14-31(15-13-30)25(33)20-8-5-9-21(26)16-20;/h2-9,16H,10-15,17-18H2,1H3;1H. The van der Waals surface area contributed by atoms with Crippen LogP contribution in [0.5, 0.6) is 0 Å². The zero-order chi connectivity index (χ0) is 23.9. The number of rotatable bonds is 8. The Morgan fingerprint density at radius 2 is 1.80 bits per heavy atom. The fraction of sp³-hybridized carbons (Fsp3) is 0.360. The van der Waals surface area contributed by atoms with Gasteiger partial charge in [0.25, 0.3) is 5.91 Å². The minimum absolute atomic E-state index is 0. The minimum Gasteiger partial charge on any atom is -0.341 e. The number of carbonyl (C=O) groups is 2. The molecule has 1 aliphatic heterocycles. The number of hydrogen-bond acceptors (Lipinski definition) is 6. The highest BCUT2D eigenvalue weighted by Crippen LogP contribution is 2.13. The van der Waals surface area contributed by atoms with Gasteiger partial charge in [-0.3, -0.25) is 14.5 Å². The highest BCUT2D eigenvalue weighted by Gasteiger charge is 2.23. The zero-order valence-corrected chi connectivity index (χ0v) is 20.4. The molecular weight excluding hydrogens is 473 g/mol. The maximum Gasteiger partial charge on any atom is 0.254 e. The van der Waals surface area contributed by atoms with Crippen molar-refractivity contribution in [3.63, 3.8) is 0 Å². The number of piperazine rings is 1. The van der Waals surface area contributed by atoms with Gasteiger partial charge in [0.05, 0.1) is 6.54 Å². The molecule has 0 radical (unpaired) electrons. The molecule has 1 saturated heterocycles. The molecule has 1 fully saturated rings. The molecule has 10 heteroatoms.